The Morgan fingerprint density at radius 1 is 1.09 bits per heavy atom. The van der Waals surface area contributed by atoms with Gasteiger partial charge in [-0.3, -0.25) is 14.7 Å². The van der Waals surface area contributed by atoms with Crippen molar-refractivity contribution in [3.8, 4) is 0 Å². The molecular formula is C21H26N2O10S. The SMILES string of the molecule is CCOC(=O)C1=C(C)N(CCOS(=O)(=O)O)C(C)=C(C(=O)OCC)C1c1cccc([N+](=O)[O-])c1. The predicted octanol–water partition coefficient (Wildman–Crippen LogP) is 2.49. The average Bonchev–Trinajstić information content (AvgIpc) is 2.75. The van der Waals surface area contributed by atoms with E-state index in [9.17, 15) is 28.1 Å². The van der Waals surface area contributed by atoms with Crippen molar-refractivity contribution < 1.29 is 41.1 Å². The summed E-state index contributed by atoms with van der Waals surface area (Å²) in [6.07, 6.45) is 0. The Labute approximate surface area is 196 Å². The molecule has 0 radical (unpaired) electrons. The van der Waals surface area contributed by atoms with Crippen LogP contribution in [0.3, 0.4) is 0 Å². The van der Waals surface area contributed by atoms with E-state index in [1.165, 1.54) is 23.1 Å². The van der Waals surface area contributed by atoms with Crippen LogP contribution < -0.4 is 0 Å². The first-order chi connectivity index (χ1) is 15.9. The summed E-state index contributed by atoms with van der Waals surface area (Å²) in [4.78, 5) is 38.3. The number of non-ortho nitro benzene ring substituents is 1. The van der Waals surface area contributed by atoms with Crippen molar-refractivity contribution >= 4 is 28.0 Å². The Balaban J connectivity index is 2.74. The quantitative estimate of drug-likeness (QED) is 0.218. The number of nitro benzene ring substituents is 1. The van der Waals surface area contributed by atoms with Crippen molar-refractivity contribution in [1.82, 2.24) is 4.90 Å². The van der Waals surface area contributed by atoms with Gasteiger partial charge in [-0.1, -0.05) is 12.1 Å². The van der Waals surface area contributed by atoms with Crippen LogP contribution in [0.1, 0.15) is 39.2 Å². The highest BCUT2D eigenvalue weighted by Gasteiger charge is 2.41. The minimum absolute atomic E-state index is 0.0283. The molecule has 0 fully saturated rings. The van der Waals surface area contributed by atoms with E-state index in [0.717, 1.165) is 0 Å². The van der Waals surface area contributed by atoms with E-state index in [0.29, 0.717) is 17.0 Å². The van der Waals surface area contributed by atoms with Crippen molar-refractivity contribution in [2.24, 2.45) is 0 Å². The Morgan fingerprint density at radius 3 is 2.06 bits per heavy atom. The lowest BCUT2D eigenvalue weighted by molar-refractivity contribution is -0.384. The third-order valence-corrected chi connectivity index (χ3v) is 5.58. The van der Waals surface area contributed by atoms with Crippen LogP contribution in [0.5, 0.6) is 0 Å². The lowest BCUT2D eigenvalue weighted by Gasteiger charge is -2.37. The highest BCUT2D eigenvalue weighted by Crippen LogP contribution is 2.43. The predicted molar refractivity (Wildman–Crippen MR) is 119 cm³/mol. The van der Waals surface area contributed by atoms with Gasteiger partial charge in [0.05, 0.1) is 41.8 Å². The highest BCUT2D eigenvalue weighted by molar-refractivity contribution is 7.80. The van der Waals surface area contributed by atoms with Gasteiger partial charge in [0.2, 0.25) is 0 Å². The first-order valence-corrected chi connectivity index (χ1v) is 11.7. The number of rotatable bonds is 10. The van der Waals surface area contributed by atoms with Crippen LogP contribution in [0.25, 0.3) is 0 Å². The molecule has 0 spiro atoms. The molecule has 0 aliphatic carbocycles. The smallest absolute Gasteiger partial charge is 0.397 e. The molecule has 0 saturated heterocycles. The summed E-state index contributed by atoms with van der Waals surface area (Å²) in [5, 5.41) is 11.4. The van der Waals surface area contributed by atoms with Gasteiger partial charge < -0.3 is 14.4 Å². The van der Waals surface area contributed by atoms with Gasteiger partial charge in [0.25, 0.3) is 5.69 Å². The van der Waals surface area contributed by atoms with E-state index in [-0.39, 0.29) is 36.6 Å². The number of benzene rings is 1. The second kappa shape index (κ2) is 11.2. The van der Waals surface area contributed by atoms with Crippen LogP contribution in [-0.2, 0) is 33.6 Å². The number of ether oxygens (including phenoxy) is 2. The van der Waals surface area contributed by atoms with Gasteiger partial charge in [0.15, 0.2) is 0 Å². The number of allylic oxidation sites excluding steroid dienone is 2. The van der Waals surface area contributed by atoms with Gasteiger partial charge in [-0.2, -0.15) is 8.42 Å². The summed E-state index contributed by atoms with van der Waals surface area (Å²) in [6.45, 7) is 5.76. The van der Waals surface area contributed by atoms with Gasteiger partial charge >= 0.3 is 22.3 Å². The third kappa shape index (κ3) is 6.18. The monoisotopic (exact) mass is 498 g/mol. The molecule has 1 aliphatic heterocycles. The minimum Gasteiger partial charge on any atom is -0.463 e. The summed E-state index contributed by atoms with van der Waals surface area (Å²) in [7, 11) is -4.71. The van der Waals surface area contributed by atoms with Crippen LogP contribution in [0.2, 0.25) is 0 Å². The maximum atomic E-state index is 13.0. The molecule has 1 aliphatic rings. The van der Waals surface area contributed by atoms with Crippen LogP contribution in [-0.4, -0.2) is 61.1 Å². The van der Waals surface area contributed by atoms with Gasteiger partial charge in [0, 0.05) is 30.1 Å². The average molecular weight is 499 g/mol. The Morgan fingerprint density at radius 2 is 1.62 bits per heavy atom. The molecule has 2 rings (SSSR count). The molecular weight excluding hydrogens is 472 g/mol. The largest absolute Gasteiger partial charge is 0.463 e. The molecule has 0 unspecified atom stereocenters. The molecule has 1 heterocycles. The summed E-state index contributed by atoms with van der Waals surface area (Å²) in [5.41, 5.74) is 0.764. The zero-order chi connectivity index (χ0) is 25.6. The lowest BCUT2D eigenvalue weighted by atomic mass is 9.79. The molecule has 0 aromatic heterocycles. The molecule has 13 heteroatoms. The summed E-state index contributed by atoms with van der Waals surface area (Å²) >= 11 is 0. The number of hydrogen-bond donors (Lipinski definition) is 1. The van der Waals surface area contributed by atoms with Crippen LogP contribution in [0.15, 0.2) is 46.8 Å². The number of carbonyl (C=O) groups excluding carboxylic acids is 2. The van der Waals surface area contributed by atoms with Gasteiger partial charge in [-0.25, -0.2) is 13.8 Å². The summed E-state index contributed by atoms with van der Waals surface area (Å²) < 4.78 is 45.6. The fourth-order valence-electron chi connectivity index (χ4n) is 3.77. The number of carbonyl (C=O) groups is 2. The Kier molecular flexibility index (Phi) is 8.90. The van der Waals surface area contributed by atoms with E-state index in [1.807, 2.05) is 0 Å². The highest BCUT2D eigenvalue weighted by atomic mass is 32.3. The molecule has 186 valence electrons. The van der Waals surface area contributed by atoms with E-state index in [1.54, 1.807) is 33.8 Å². The number of nitro groups is 1. The third-order valence-electron chi connectivity index (χ3n) is 5.12. The van der Waals surface area contributed by atoms with E-state index in [2.05, 4.69) is 4.18 Å². The zero-order valence-corrected chi connectivity index (χ0v) is 20.0. The van der Waals surface area contributed by atoms with Crippen molar-refractivity contribution in [3.63, 3.8) is 0 Å². The molecule has 0 saturated carbocycles. The maximum absolute atomic E-state index is 13.0. The minimum atomic E-state index is -4.71. The molecule has 1 aromatic rings. The van der Waals surface area contributed by atoms with E-state index < -0.39 is 39.8 Å². The van der Waals surface area contributed by atoms with Crippen molar-refractivity contribution in [3.05, 3.63) is 62.5 Å². The van der Waals surface area contributed by atoms with Crippen LogP contribution in [0, 0.1) is 10.1 Å². The standard InChI is InChI=1S/C21H26N2O10S/c1-5-31-20(24)17-13(3)22(10-11-33-34(28,29)30)14(4)18(21(25)32-6-2)19(17)15-8-7-9-16(12-15)23(26)27/h7-9,12,19H,5-6,10-11H2,1-4H3,(H,28,29,30). The lowest BCUT2D eigenvalue weighted by Crippen LogP contribution is -2.37. The first-order valence-electron chi connectivity index (χ1n) is 10.3. The van der Waals surface area contributed by atoms with E-state index in [4.69, 9.17) is 14.0 Å². The molecule has 0 bridgehead atoms. The molecule has 1 aromatic carbocycles. The molecule has 12 nitrogen and oxygen atoms in total. The molecule has 0 amide bonds. The second-order valence-electron chi connectivity index (χ2n) is 7.13. The fraction of sp³-hybridized carbons (Fsp3) is 0.429. The molecule has 1 N–H and O–H groups in total. The van der Waals surface area contributed by atoms with Crippen LogP contribution >= 0.6 is 0 Å². The Hall–Kier alpha value is -3.29. The fourth-order valence-corrected chi connectivity index (χ4v) is 4.06. The van der Waals surface area contributed by atoms with Gasteiger partial charge in [-0.05, 0) is 33.3 Å². The Bertz CT molecular complexity index is 1100. The number of nitrogens with zero attached hydrogens (tertiary/aromatic N) is 2. The van der Waals surface area contributed by atoms with Gasteiger partial charge in [0.1, 0.15) is 0 Å². The maximum Gasteiger partial charge on any atom is 0.397 e. The summed E-state index contributed by atoms with van der Waals surface area (Å²) in [5.74, 6) is -2.56. The topological polar surface area (TPSA) is 163 Å². The number of hydrogen-bond acceptors (Lipinski definition) is 10. The molecule has 0 atom stereocenters. The number of esters is 2. The van der Waals surface area contributed by atoms with Gasteiger partial charge in [-0.15, -0.1) is 0 Å². The van der Waals surface area contributed by atoms with Crippen molar-refractivity contribution in [2.45, 2.75) is 33.6 Å². The van der Waals surface area contributed by atoms with Crippen molar-refractivity contribution in [2.75, 3.05) is 26.4 Å². The van der Waals surface area contributed by atoms with E-state index >= 15 is 0 Å². The second-order valence-corrected chi connectivity index (χ2v) is 8.22. The molecule has 34 heavy (non-hydrogen) atoms. The first kappa shape index (κ1) is 27.0. The van der Waals surface area contributed by atoms with Crippen molar-refractivity contribution in [1.29, 1.82) is 0 Å². The normalized spacial score (nSPS) is 14.9. The zero-order valence-electron chi connectivity index (χ0n) is 19.1. The summed E-state index contributed by atoms with van der Waals surface area (Å²) in [6, 6.07) is 5.54. The van der Waals surface area contributed by atoms with Crippen LogP contribution in [0.4, 0.5) is 5.69 Å².